The van der Waals surface area contributed by atoms with Crippen LogP contribution in [0, 0.1) is 13.8 Å². The summed E-state index contributed by atoms with van der Waals surface area (Å²) in [6, 6.07) is 9.29. The first-order valence-electron chi connectivity index (χ1n) is 5.51. The fourth-order valence-corrected chi connectivity index (χ4v) is 2.29. The number of para-hydroxylation sites is 1. The predicted molar refractivity (Wildman–Crippen MR) is 71.9 cm³/mol. The molecular weight excluding hydrogens is 250 g/mol. The second kappa shape index (κ2) is 4.84. The van der Waals surface area contributed by atoms with E-state index >= 15 is 0 Å². The van der Waals surface area contributed by atoms with Crippen molar-refractivity contribution in [2.45, 2.75) is 13.8 Å². The SMILES string of the molecule is Cc1cc(C(=O)NN)c(C)n1-c1ccccc1Cl. The molecule has 0 aliphatic rings. The number of rotatable bonds is 2. The van der Waals surface area contributed by atoms with Crippen molar-refractivity contribution in [3.05, 3.63) is 52.3 Å². The van der Waals surface area contributed by atoms with E-state index in [2.05, 4.69) is 5.43 Å². The Balaban J connectivity index is 2.63. The van der Waals surface area contributed by atoms with Gasteiger partial charge < -0.3 is 4.57 Å². The average molecular weight is 264 g/mol. The number of hydrogen-bond acceptors (Lipinski definition) is 2. The predicted octanol–water partition coefficient (Wildman–Crippen LogP) is 2.35. The van der Waals surface area contributed by atoms with Gasteiger partial charge in [0.1, 0.15) is 0 Å². The quantitative estimate of drug-likeness (QED) is 0.496. The van der Waals surface area contributed by atoms with Crippen LogP contribution < -0.4 is 11.3 Å². The maximum absolute atomic E-state index is 11.6. The highest BCUT2D eigenvalue weighted by Crippen LogP contribution is 2.26. The molecule has 0 spiro atoms. The summed E-state index contributed by atoms with van der Waals surface area (Å²) in [5, 5.41) is 0.638. The number of halogens is 1. The minimum atomic E-state index is -0.304. The van der Waals surface area contributed by atoms with Crippen LogP contribution in [-0.4, -0.2) is 10.5 Å². The van der Waals surface area contributed by atoms with Gasteiger partial charge in [-0.25, -0.2) is 5.84 Å². The van der Waals surface area contributed by atoms with Gasteiger partial charge in [-0.2, -0.15) is 0 Å². The molecule has 0 bridgehead atoms. The van der Waals surface area contributed by atoms with Gasteiger partial charge in [0, 0.05) is 11.4 Å². The van der Waals surface area contributed by atoms with Crippen LogP contribution in [0.25, 0.3) is 5.69 Å². The van der Waals surface area contributed by atoms with E-state index in [1.165, 1.54) is 0 Å². The molecule has 2 aromatic rings. The monoisotopic (exact) mass is 263 g/mol. The highest BCUT2D eigenvalue weighted by atomic mass is 35.5. The highest BCUT2D eigenvalue weighted by molar-refractivity contribution is 6.32. The number of nitrogens with zero attached hydrogens (tertiary/aromatic N) is 1. The molecule has 4 nitrogen and oxygen atoms in total. The van der Waals surface area contributed by atoms with Crippen molar-refractivity contribution in [3.8, 4) is 5.69 Å². The Morgan fingerprint density at radius 2 is 2.00 bits per heavy atom. The number of nitrogen functional groups attached to an aromatic ring is 1. The molecule has 18 heavy (non-hydrogen) atoms. The van der Waals surface area contributed by atoms with Gasteiger partial charge in [0.05, 0.1) is 16.3 Å². The minimum Gasteiger partial charge on any atom is -0.316 e. The van der Waals surface area contributed by atoms with Gasteiger partial charge in [-0.3, -0.25) is 10.2 Å². The van der Waals surface area contributed by atoms with Crippen molar-refractivity contribution in [2.75, 3.05) is 0 Å². The molecule has 1 amide bonds. The molecule has 1 aromatic carbocycles. The molecule has 1 aromatic heterocycles. The topological polar surface area (TPSA) is 60.1 Å². The number of nitrogens with one attached hydrogen (secondary N) is 1. The van der Waals surface area contributed by atoms with E-state index in [4.69, 9.17) is 17.4 Å². The fourth-order valence-electron chi connectivity index (χ4n) is 2.07. The normalized spacial score (nSPS) is 10.4. The molecule has 0 fully saturated rings. The summed E-state index contributed by atoms with van der Waals surface area (Å²) in [6.07, 6.45) is 0. The van der Waals surface area contributed by atoms with Crippen molar-refractivity contribution in [3.63, 3.8) is 0 Å². The van der Waals surface area contributed by atoms with Crippen molar-refractivity contribution in [1.82, 2.24) is 9.99 Å². The summed E-state index contributed by atoms with van der Waals surface area (Å²) in [5.74, 6) is 4.86. The van der Waals surface area contributed by atoms with Crippen molar-refractivity contribution in [2.24, 2.45) is 5.84 Å². The lowest BCUT2D eigenvalue weighted by molar-refractivity contribution is 0.0953. The molecule has 0 aliphatic carbocycles. The van der Waals surface area contributed by atoms with Gasteiger partial charge in [0.15, 0.2) is 0 Å². The number of carbonyl (C=O) groups excluding carboxylic acids is 1. The van der Waals surface area contributed by atoms with Crippen LogP contribution in [0.1, 0.15) is 21.7 Å². The van der Waals surface area contributed by atoms with Gasteiger partial charge in [-0.1, -0.05) is 23.7 Å². The lowest BCUT2D eigenvalue weighted by Crippen LogP contribution is -2.30. The van der Waals surface area contributed by atoms with E-state index < -0.39 is 0 Å². The van der Waals surface area contributed by atoms with Crippen LogP contribution in [-0.2, 0) is 0 Å². The lowest BCUT2D eigenvalue weighted by atomic mass is 10.2. The lowest BCUT2D eigenvalue weighted by Gasteiger charge is -2.11. The molecule has 94 valence electrons. The number of hydrazine groups is 1. The van der Waals surface area contributed by atoms with Crippen LogP contribution in [0.5, 0.6) is 0 Å². The number of hydrogen-bond donors (Lipinski definition) is 2. The molecule has 0 saturated heterocycles. The Hall–Kier alpha value is -1.78. The van der Waals surface area contributed by atoms with E-state index in [1.54, 1.807) is 6.07 Å². The van der Waals surface area contributed by atoms with Crippen LogP contribution in [0.2, 0.25) is 5.02 Å². The molecule has 0 unspecified atom stereocenters. The van der Waals surface area contributed by atoms with Crippen molar-refractivity contribution >= 4 is 17.5 Å². The number of carbonyl (C=O) groups is 1. The largest absolute Gasteiger partial charge is 0.316 e. The Morgan fingerprint density at radius 1 is 1.33 bits per heavy atom. The second-order valence-corrected chi connectivity index (χ2v) is 4.45. The molecule has 2 rings (SSSR count). The molecule has 5 heteroatoms. The van der Waals surface area contributed by atoms with Crippen LogP contribution >= 0.6 is 11.6 Å². The number of amides is 1. The number of benzene rings is 1. The minimum absolute atomic E-state index is 0.304. The fraction of sp³-hybridized carbons (Fsp3) is 0.154. The average Bonchev–Trinajstić information content (AvgIpc) is 2.65. The molecule has 0 saturated carbocycles. The maximum Gasteiger partial charge on any atom is 0.267 e. The van der Waals surface area contributed by atoms with E-state index in [0.29, 0.717) is 10.6 Å². The highest BCUT2D eigenvalue weighted by Gasteiger charge is 2.16. The van der Waals surface area contributed by atoms with Gasteiger partial charge >= 0.3 is 0 Å². The second-order valence-electron chi connectivity index (χ2n) is 4.05. The zero-order valence-electron chi connectivity index (χ0n) is 10.2. The van der Waals surface area contributed by atoms with E-state index in [9.17, 15) is 4.79 Å². The molecule has 0 radical (unpaired) electrons. The van der Waals surface area contributed by atoms with E-state index in [1.807, 2.05) is 42.7 Å². The summed E-state index contributed by atoms with van der Waals surface area (Å²) in [4.78, 5) is 11.6. The summed E-state index contributed by atoms with van der Waals surface area (Å²) >= 11 is 6.18. The molecule has 0 aliphatic heterocycles. The molecule has 3 N–H and O–H groups in total. The van der Waals surface area contributed by atoms with Gasteiger partial charge in [-0.05, 0) is 32.0 Å². The van der Waals surface area contributed by atoms with E-state index in [0.717, 1.165) is 17.1 Å². The van der Waals surface area contributed by atoms with Crippen LogP contribution in [0.3, 0.4) is 0 Å². The van der Waals surface area contributed by atoms with Gasteiger partial charge in [-0.15, -0.1) is 0 Å². The third kappa shape index (κ3) is 2.00. The summed E-state index contributed by atoms with van der Waals surface area (Å²) in [6.45, 7) is 3.78. The summed E-state index contributed by atoms with van der Waals surface area (Å²) in [5.41, 5.74) is 5.29. The first kappa shape index (κ1) is 12.7. The first-order valence-corrected chi connectivity index (χ1v) is 5.89. The zero-order chi connectivity index (χ0) is 13.3. The third-order valence-corrected chi connectivity index (χ3v) is 3.22. The zero-order valence-corrected chi connectivity index (χ0v) is 11.0. The Labute approximate surface area is 110 Å². The Kier molecular flexibility index (Phi) is 3.41. The summed E-state index contributed by atoms with van der Waals surface area (Å²) < 4.78 is 1.94. The smallest absolute Gasteiger partial charge is 0.267 e. The first-order chi connectivity index (χ1) is 8.56. The molecule has 1 heterocycles. The number of nitrogens with two attached hydrogens (primary N) is 1. The number of aryl methyl sites for hydroxylation is 1. The van der Waals surface area contributed by atoms with Crippen LogP contribution in [0.15, 0.2) is 30.3 Å². The Morgan fingerprint density at radius 3 is 2.61 bits per heavy atom. The van der Waals surface area contributed by atoms with Crippen LogP contribution in [0.4, 0.5) is 0 Å². The van der Waals surface area contributed by atoms with Gasteiger partial charge in [0.25, 0.3) is 5.91 Å². The van der Waals surface area contributed by atoms with Crippen molar-refractivity contribution in [1.29, 1.82) is 0 Å². The third-order valence-electron chi connectivity index (χ3n) is 2.90. The molecular formula is C13H14ClN3O. The molecule has 0 atom stereocenters. The summed E-state index contributed by atoms with van der Waals surface area (Å²) in [7, 11) is 0. The standard InChI is InChI=1S/C13H14ClN3O/c1-8-7-10(13(18)16-15)9(2)17(8)12-6-4-3-5-11(12)14/h3-7H,15H2,1-2H3,(H,16,18). The number of aromatic nitrogens is 1. The Bertz CT molecular complexity index is 604. The van der Waals surface area contributed by atoms with Gasteiger partial charge in [0.2, 0.25) is 0 Å². The maximum atomic E-state index is 11.6. The van der Waals surface area contributed by atoms with E-state index in [-0.39, 0.29) is 5.91 Å². The van der Waals surface area contributed by atoms with Crippen molar-refractivity contribution < 1.29 is 4.79 Å².